The molecule has 1 atom stereocenters. The quantitative estimate of drug-likeness (QED) is 0.782. The third-order valence-corrected chi connectivity index (χ3v) is 4.03. The highest BCUT2D eigenvalue weighted by atomic mass is 32.2. The maximum absolute atomic E-state index is 13.7. The van der Waals surface area contributed by atoms with E-state index in [2.05, 4.69) is 4.72 Å². The number of benzene rings is 2. The van der Waals surface area contributed by atoms with Crippen molar-refractivity contribution in [1.29, 1.82) is 0 Å². The molecule has 0 radical (unpaired) electrons. The van der Waals surface area contributed by atoms with E-state index in [1.807, 2.05) is 0 Å². The number of hydrogen-bond acceptors (Lipinski definition) is 5. The summed E-state index contributed by atoms with van der Waals surface area (Å²) >= 11 is -2.67. The van der Waals surface area contributed by atoms with Crippen molar-refractivity contribution in [3.63, 3.8) is 0 Å². The van der Waals surface area contributed by atoms with Crippen LogP contribution in [0.3, 0.4) is 0 Å². The molecule has 0 saturated carbocycles. The molecule has 0 heterocycles. The predicted molar refractivity (Wildman–Crippen MR) is 84.0 cm³/mol. The first-order valence-corrected chi connectivity index (χ1v) is 9.57. The third kappa shape index (κ3) is 5.25. The summed E-state index contributed by atoms with van der Waals surface area (Å²) in [7, 11) is -3.34. The number of sulfone groups is 1. The molecule has 130 valence electrons. The van der Waals surface area contributed by atoms with Crippen molar-refractivity contribution in [2.45, 2.75) is 5.75 Å². The Morgan fingerprint density at radius 1 is 1.17 bits per heavy atom. The first kappa shape index (κ1) is 18.3. The highest BCUT2D eigenvalue weighted by Gasteiger charge is 2.13. The van der Waals surface area contributed by atoms with Crippen LogP contribution in [0, 0.1) is 11.6 Å². The van der Waals surface area contributed by atoms with E-state index in [4.69, 9.17) is 4.74 Å². The molecule has 2 aromatic carbocycles. The number of ether oxygens (including phenoxy) is 1. The molecular weight excluding hydrogens is 364 g/mol. The molecule has 1 N–H and O–H groups in total. The van der Waals surface area contributed by atoms with Gasteiger partial charge in [-0.3, -0.25) is 4.21 Å². The Labute approximate surface area is 139 Å². The molecule has 6 nitrogen and oxygen atoms in total. The van der Waals surface area contributed by atoms with Crippen LogP contribution in [-0.4, -0.2) is 23.4 Å². The number of halogens is 2. The SMILES string of the molecule is CS(=O)(=O)Cc1ccc(NS(=O)[O-])c(Oc2ccc(F)cc2F)c1. The van der Waals surface area contributed by atoms with Crippen molar-refractivity contribution in [3.05, 3.63) is 53.6 Å². The minimum Gasteiger partial charge on any atom is -0.755 e. The van der Waals surface area contributed by atoms with Crippen molar-refractivity contribution >= 4 is 26.8 Å². The smallest absolute Gasteiger partial charge is 0.168 e. The summed E-state index contributed by atoms with van der Waals surface area (Å²) < 4.78 is 78.3. The summed E-state index contributed by atoms with van der Waals surface area (Å²) in [5.41, 5.74) is 0.293. The normalized spacial score (nSPS) is 12.7. The Morgan fingerprint density at radius 3 is 2.46 bits per heavy atom. The highest BCUT2D eigenvalue weighted by molar-refractivity contribution is 7.89. The van der Waals surface area contributed by atoms with E-state index in [-0.39, 0.29) is 22.9 Å². The predicted octanol–water partition coefficient (Wildman–Crippen LogP) is 2.51. The average molecular weight is 376 g/mol. The second kappa shape index (κ2) is 7.24. The summed E-state index contributed by atoms with van der Waals surface area (Å²) in [6.07, 6.45) is 1.03. The molecule has 0 amide bonds. The van der Waals surface area contributed by atoms with Gasteiger partial charge in [0.25, 0.3) is 0 Å². The van der Waals surface area contributed by atoms with Crippen LogP contribution in [-0.2, 0) is 26.9 Å². The van der Waals surface area contributed by atoms with E-state index in [1.165, 1.54) is 18.2 Å². The second-order valence-electron chi connectivity index (χ2n) is 4.91. The van der Waals surface area contributed by atoms with E-state index in [0.29, 0.717) is 11.6 Å². The van der Waals surface area contributed by atoms with Gasteiger partial charge in [0.05, 0.1) is 11.4 Å². The summed E-state index contributed by atoms with van der Waals surface area (Å²) in [5, 5.41) is 0. The van der Waals surface area contributed by atoms with Gasteiger partial charge in [-0.05, 0) is 29.8 Å². The molecule has 0 aromatic heterocycles. The van der Waals surface area contributed by atoms with Gasteiger partial charge in [0.15, 0.2) is 27.2 Å². The van der Waals surface area contributed by atoms with Gasteiger partial charge in [-0.1, -0.05) is 6.07 Å². The Morgan fingerprint density at radius 2 is 1.88 bits per heavy atom. The Hall–Kier alpha value is -2.04. The fraction of sp³-hybridized carbons (Fsp3) is 0.143. The Bertz CT molecular complexity index is 887. The van der Waals surface area contributed by atoms with Crippen LogP contribution in [0.2, 0.25) is 0 Å². The van der Waals surface area contributed by atoms with Crippen LogP contribution < -0.4 is 9.46 Å². The monoisotopic (exact) mass is 376 g/mol. The molecule has 10 heteroatoms. The van der Waals surface area contributed by atoms with Gasteiger partial charge in [0.2, 0.25) is 0 Å². The lowest BCUT2D eigenvalue weighted by molar-refractivity contribution is 0.439. The fourth-order valence-electron chi connectivity index (χ4n) is 1.89. The minimum absolute atomic E-state index is 0.0238. The zero-order chi connectivity index (χ0) is 17.9. The largest absolute Gasteiger partial charge is 0.755 e. The molecule has 2 aromatic rings. The van der Waals surface area contributed by atoms with Crippen LogP contribution in [0.5, 0.6) is 11.5 Å². The molecule has 0 bridgehead atoms. The van der Waals surface area contributed by atoms with E-state index < -0.39 is 32.7 Å². The van der Waals surface area contributed by atoms with E-state index >= 15 is 0 Å². The third-order valence-electron chi connectivity index (χ3n) is 2.78. The lowest BCUT2D eigenvalue weighted by Crippen LogP contribution is -2.06. The molecule has 0 aliphatic heterocycles. The number of rotatable bonds is 6. The summed E-state index contributed by atoms with van der Waals surface area (Å²) in [6.45, 7) is 0. The maximum atomic E-state index is 13.7. The van der Waals surface area contributed by atoms with Gasteiger partial charge in [0, 0.05) is 23.6 Å². The van der Waals surface area contributed by atoms with Gasteiger partial charge in [0.1, 0.15) is 5.82 Å². The van der Waals surface area contributed by atoms with Crippen molar-refractivity contribution in [2.75, 3.05) is 11.0 Å². The van der Waals surface area contributed by atoms with Crippen molar-refractivity contribution in [3.8, 4) is 11.5 Å². The highest BCUT2D eigenvalue weighted by Crippen LogP contribution is 2.33. The minimum atomic E-state index is -3.34. The van der Waals surface area contributed by atoms with Crippen molar-refractivity contribution in [2.24, 2.45) is 0 Å². The van der Waals surface area contributed by atoms with Crippen molar-refractivity contribution < 1.29 is 30.7 Å². The van der Waals surface area contributed by atoms with Gasteiger partial charge >= 0.3 is 0 Å². The average Bonchev–Trinajstić information content (AvgIpc) is 2.42. The lowest BCUT2D eigenvalue weighted by atomic mass is 10.2. The molecule has 24 heavy (non-hydrogen) atoms. The number of nitrogens with one attached hydrogen (secondary N) is 1. The van der Waals surface area contributed by atoms with Crippen LogP contribution >= 0.6 is 0 Å². The lowest BCUT2D eigenvalue weighted by Gasteiger charge is -2.16. The number of hydrogen-bond donors (Lipinski definition) is 1. The van der Waals surface area contributed by atoms with E-state index in [9.17, 15) is 26.0 Å². The standard InChI is InChI=1S/C14H13F2NO5S2/c1-24(20,21)8-9-2-4-12(17-23(18)19)14(6-9)22-13-5-3-10(15)7-11(13)16/h2-7,17H,8H2,1H3,(H,18,19)/p-1. The second-order valence-corrected chi connectivity index (χ2v) is 7.73. The Kier molecular flexibility index (Phi) is 5.52. The summed E-state index contributed by atoms with van der Waals surface area (Å²) in [4.78, 5) is 0. The molecule has 0 aliphatic rings. The zero-order valence-corrected chi connectivity index (χ0v) is 13.9. The molecule has 0 spiro atoms. The van der Waals surface area contributed by atoms with Crippen LogP contribution in [0.4, 0.5) is 14.5 Å². The van der Waals surface area contributed by atoms with Crippen LogP contribution in [0.1, 0.15) is 5.56 Å². The first-order chi connectivity index (χ1) is 11.1. The molecule has 0 saturated heterocycles. The van der Waals surface area contributed by atoms with Crippen molar-refractivity contribution in [1.82, 2.24) is 0 Å². The molecule has 0 fully saturated rings. The van der Waals surface area contributed by atoms with E-state index in [1.54, 1.807) is 0 Å². The Balaban J connectivity index is 2.42. The topological polar surface area (TPSA) is 95.5 Å². The van der Waals surface area contributed by atoms with Gasteiger partial charge in [-0.25, -0.2) is 17.2 Å². The molecular formula is C14H12F2NO5S2-. The zero-order valence-electron chi connectivity index (χ0n) is 12.3. The van der Waals surface area contributed by atoms with Crippen LogP contribution in [0.25, 0.3) is 0 Å². The fourth-order valence-corrected chi connectivity index (χ4v) is 3.03. The van der Waals surface area contributed by atoms with Crippen LogP contribution in [0.15, 0.2) is 36.4 Å². The maximum Gasteiger partial charge on any atom is 0.168 e. The summed E-state index contributed by atoms with van der Waals surface area (Å²) in [5.74, 6) is -2.56. The van der Waals surface area contributed by atoms with Gasteiger partial charge in [-0.2, -0.15) is 0 Å². The van der Waals surface area contributed by atoms with Gasteiger partial charge in [-0.15, -0.1) is 0 Å². The van der Waals surface area contributed by atoms with Gasteiger partial charge < -0.3 is 14.0 Å². The number of anilines is 1. The molecule has 0 aliphatic carbocycles. The van der Waals surface area contributed by atoms with E-state index in [0.717, 1.165) is 18.4 Å². The summed E-state index contributed by atoms with van der Waals surface area (Å²) in [6, 6.07) is 6.55. The molecule has 1 unspecified atom stereocenters. The molecule has 2 rings (SSSR count). The first-order valence-electron chi connectivity index (χ1n) is 6.43.